The molecule has 0 atom stereocenters. The van der Waals surface area contributed by atoms with Crippen molar-refractivity contribution >= 4 is 53.6 Å². The maximum atomic E-state index is 12.6. The van der Waals surface area contributed by atoms with E-state index in [0.717, 1.165) is 40.9 Å². The summed E-state index contributed by atoms with van der Waals surface area (Å²) in [6.45, 7) is 4.88. The summed E-state index contributed by atoms with van der Waals surface area (Å²) in [6.07, 6.45) is 2.50. The summed E-state index contributed by atoms with van der Waals surface area (Å²) in [6, 6.07) is 10.8. The number of carbonyl (C=O) groups excluding carboxylic acids is 1. The maximum Gasteiger partial charge on any atom is 0.238 e. The fraction of sp³-hybridized carbons (Fsp3) is 0.318. The van der Waals surface area contributed by atoms with E-state index in [1.165, 1.54) is 29.0 Å². The molecule has 1 amide bonds. The summed E-state index contributed by atoms with van der Waals surface area (Å²) in [4.78, 5) is 21.7. The van der Waals surface area contributed by atoms with E-state index in [1.807, 2.05) is 16.7 Å². The number of imidazole rings is 1. The standard InChI is InChI=1S/C22H25N5O3S2/c1-3-11-27-18-8-6-15(32(23,29)30)13-17(18)24-20(27)9-10-21(28)26-22-25-16-7-5-14(4-2)12-19(16)31-22/h5-8,12-13H,3-4,9-11H2,1-2H3,(H2,23,29,30)(H,25,26,28). The molecule has 0 spiro atoms. The molecule has 10 heteroatoms. The number of amides is 1. The van der Waals surface area contributed by atoms with Gasteiger partial charge >= 0.3 is 0 Å². The molecule has 0 aliphatic rings. The fourth-order valence-electron chi connectivity index (χ4n) is 3.65. The van der Waals surface area contributed by atoms with Crippen molar-refractivity contribution in [2.45, 2.75) is 51.0 Å². The van der Waals surface area contributed by atoms with Gasteiger partial charge < -0.3 is 9.88 Å². The van der Waals surface area contributed by atoms with Crippen molar-refractivity contribution in [3.05, 3.63) is 47.8 Å². The van der Waals surface area contributed by atoms with Crippen LogP contribution in [0.2, 0.25) is 0 Å². The van der Waals surface area contributed by atoms with Crippen LogP contribution in [0.5, 0.6) is 0 Å². The van der Waals surface area contributed by atoms with Crippen molar-refractivity contribution in [1.82, 2.24) is 14.5 Å². The van der Waals surface area contributed by atoms with Crippen LogP contribution >= 0.6 is 11.3 Å². The molecule has 0 saturated heterocycles. The van der Waals surface area contributed by atoms with Crippen LogP contribution in [-0.4, -0.2) is 28.9 Å². The number of hydrogen-bond donors (Lipinski definition) is 2. The third-order valence-corrected chi connectivity index (χ3v) is 7.10. The second kappa shape index (κ2) is 8.97. The fourth-order valence-corrected chi connectivity index (χ4v) is 5.13. The Kier molecular flexibility index (Phi) is 6.27. The number of hydrogen-bond acceptors (Lipinski definition) is 6. The third-order valence-electron chi connectivity index (χ3n) is 5.26. The van der Waals surface area contributed by atoms with Crippen LogP contribution in [0.1, 0.15) is 38.1 Å². The molecule has 0 aliphatic carbocycles. The number of sulfonamides is 1. The molecule has 168 valence electrons. The number of nitrogens with zero attached hydrogens (tertiary/aromatic N) is 3. The lowest BCUT2D eigenvalue weighted by molar-refractivity contribution is -0.116. The largest absolute Gasteiger partial charge is 0.328 e. The number of aromatic nitrogens is 3. The number of benzene rings is 2. The molecule has 4 rings (SSSR count). The second-order valence-corrected chi connectivity index (χ2v) is 10.2. The van der Waals surface area contributed by atoms with E-state index in [0.29, 0.717) is 17.1 Å². The lowest BCUT2D eigenvalue weighted by Crippen LogP contribution is -2.14. The Morgan fingerprint density at radius 2 is 1.94 bits per heavy atom. The number of aryl methyl sites for hydroxylation is 3. The van der Waals surface area contributed by atoms with E-state index in [-0.39, 0.29) is 17.2 Å². The summed E-state index contributed by atoms with van der Waals surface area (Å²) < 4.78 is 26.4. The number of rotatable bonds is 8. The molecule has 0 unspecified atom stereocenters. The lowest BCUT2D eigenvalue weighted by Gasteiger charge is -2.08. The smallest absolute Gasteiger partial charge is 0.238 e. The number of carbonyl (C=O) groups is 1. The SMILES string of the molecule is CCCn1c(CCC(=O)Nc2nc3ccc(CC)cc3s2)nc2cc(S(N)(=O)=O)ccc21. The lowest BCUT2D eigenvalue weighted by atomic mass is 10.2. The minimum Gasteiger partial charge on any atom is -0.328 e. The number of thiazole rings is 1. The molecule has 2 aromatic carbocycles. The molecule has 0 bridgehead atoms. The first kappa shape index (κ1) is 22.4. The van der Waals surface area contributed by atoms with E-state index in [9.17, 15) is 13.2 Å². The van der Waals surface area contributed by atoms with E-state index in [1.54, 1.807) is 6.07 Å². The molecule has 0 fully saturated rings. The van der Waals surface area contributed by atoms with Crippen molar-refractivity contribution < 1.29 is 13.2 Å². The molecule has 0 radical (unpaired) electrons. The Morgan fingerprint density at radius 3 is 2.66 bits per heavy atom. The van der Waals surface area contributed by atoms with Gasteiger partial charge in [-0.25, -0.2) is 23.5 Å². The van der Waals surface area contributed by atoms with Crippen LogP contribution in [0.15, 0.2) is 41.3 Å². The predicted octanol–water partition coefficient (Wildman–Crippen LogP) is 3.84. The highest BCUT2D eigenvalue weighted by Crippen LogP contribution is 2.27. The summed E-state index contributed by atoms with van der Waals surface area (Å²) >= 11 is 1.46. The quantitative estimate of drug-likeness (QED) is 0.405. The minimum absolute atomic E-state index is 0.0255. The van der Waals surface area contributed by atoms with Crippen molar-refractivity contribution in [2.75, 3.05) is 5.32 Å². The first-order valence-corrected chi connectivity index (χ1v) is 12.9. The summed E-state index contributed by atoms with van der Waals surface area (Å²) in [5, 5.41) is 8.72. The van der Waals surface area contributed by atoms with Crippen molar-refractivity contribution in [2.24, 2.45) is 5.14 Å². The van der Waals surface area contributed by atoms with Crippen LogP contribution < -0.4 is 10.5 Å². The van der Waals surface area contributed by atoms with E-state index >= 15 is 0 Å². The molecule has 2 heterocycles. The van der Waals surface area contributed by atoms with Gasteiger partial charge in [-0.15, -0.1) is 0 Å². The van der Waals surface area contributed by atoms with Gasteiger partial charge in [0.1, 0.15) is 5.82 Å². The van der Waals surface area contributed by atoms with Gasteiger partial charge in [-0.05, 0) is 48.7 Å². The molecule has 2 aromatic heterocycles. The molecule has 4 aromatic rings. The topological polar surface area (TPSA) is 120 Å². The Hall–Kier alpha value is -2.82. The van der Waals surface area contributed by atoms with Gasteiger partial charge in [0.25, 0.3) is 0 Å². The molecular weight excluding hydrogens is 446 g/mol. The number of fused-ring (bicyclic) bond motifs is 2. The van der Waals surface area contributed by atoms with Crippen LogP contribution in [0.4, 0.5) is 5.13 Å². The van der Waals surface area contributed by atoms with Crippen molar-refractivity contribution in [1.29, 1.82) is 0 Å². The summed E-state index contributed by atoms with van der Waals surface area (Å²) in [5.74, 6) is 0.598. The highest BCUT2D eigenvalue weighted by atomic mass is 32.2. The zero-order chi connectivity index (χ0) is 22.9. The highest BCUT2D eigenvalue weighted by molar-refractivity contribution is 7.89. The molecule has 0 aliphatic heterocycles. The average Bonchev–Trinajstić information content (AvgIpc) is 3.31. The van der Waals surface area contributed by atoms with Crippen molar-refractivity contribution in [3.8, 4) is 0 Å². The van der Waals surface area contributed by atoms with Gasteiger partial charge in [-0.2, -0.15) is 0 Å². The van der Waals surface area contributed by atoms with Crippen LogP contribution in [0.3, 0.4) is 0 Å². The van der Waals surface area contributed by atoms with Crippen LogP contribution in [0.25, 0.3) is 21.3 Å². The van der Waals surface area contributed by atoms with E-state index in [2.05, 4.69) is 35.2 Å². The normalized spacial score (nSPS) is 12.0. The first-order valence-electron chi connectivity index (χ1n) is 10.5. The van der Waals surface area contributed by atoms with Gasteiger partial charge in [-0.1, -0.05) is 31.3 Å². The van der Waals surface area contributed by atoms with Crippen LogP contribution in [-0.2, 0) is 34.2 Å². The average molecular weight is 472 g/mol. The Bertz CT molecular complexity index is 1410. The summed E-state index contributed by atoms with van der Waals surface area (Å²) in [7, 11) is -3.81. The number of primary sulfonamides is 1. The Labute approximate surface area is 190 Å². The van der Waals surface area contributed by atoms with E-state index < -0.39 is 10.0 Å². The Morgan fingerprint density at radius 1 is 1.12 bits per heavy atom. The molecule has 0 saturated carbocycles. The zero-order valence-corrected chi connectivity index (χ0v) is 19.6. The van der Waals surface area contributed by atoms with Gasteiger partial charge in [0, 0.05) is 19.4 Å². The minimum atomic E-state index is -3.81. The number of nitrogens with one attached hydrogen (secondary N) is 1. The molecular formula is C22H25N5O3S2. The van der Waals surface area contributed by atoms with Crippen LogP contribution in [0, 0.1) is 0 Å². The maximum absolute atomic E-state index is 12.6. The van der Waals surface area contributed by atoms with Gasteiger partial charge in [-0.3, -0.25) is 4.79 Å². The van der Waals surface area contributed by atoms with E-state index in [4.69, 9.17) is 5.14 Å². The van der Waals surface area contributed by atoms with Gasteiger partial charge in [0.2, 0.25) is 15.9 Å². The number of anilines is 1. The van der Waals surface area contributed by atoms with Gasteiger partial charge in [0.15, 0.2) is 5.13 Å². The predicted molar refractivity (Wildman–Crippen MR) is 127 cm³/mol. The monoisotopic (exact) mass is 471 g/mol. The van der Waals surface area contributed by atoms with Crippen molar-refractivity contribution in [3.63, 3.8) is 0 Å². The molecule has 3 N–H and O–H groups in total. The Balaban J connectivity index is 1.51. The molecule has 32 heavy (non-hydrogen) atoms. The summed E-state index contributed by atoms with van der Waals surface area (Å²) in [5.41, 5.74) is 3.49. The third kappa shape index (κ3) is 4.67. The second-order valence-electron chi connectivity index (χ2n) is 7.60. The van der Waals surface area contributed by atoms with Gasteiger partial charge in [0.05, 0.1) is 26.1 Å². The number of nitrogens with two attached hydrogens (primary N) is 1. The zero-order valence-electron chi connectivity index (χ0n) is 18.0. The first-order chi connectivity index (χ1) is 15.3. The molecule has 8 nitrogen and oxygen atoms in total. The highest BCUT2D eigenvalue weighted by Gasteiger charge is 2.16.